The molecule has 0 aliphatic heterocycles. The average Bonchev–Trinajstić information content (AvgIpc) is 2.37. The van der Waals surface area contributed by atoms with Crippen LogP contribution in [-0.4, -0.2) is 10.1 Å². The Labute approximate surface area is 136 Å². The normalized spacial score (nSPS) is 10.6. The van der Waals surface area contributed by atoms with E-state index in [4.69, 9.17) is 27.9 Å². The SMILES string of the molecule is OCc1cc(Br)cnc1Oc1cc(Cl)c(Br)cc1Cl. The second kappa shape index (κ2) is 6.41. The standard InChI is InChI=1S/C12H7Br2Cl2NO2/c13-7-1-6(5-18)12(17-4-7)19-11-3-9(15)8(14)2-10(11)16/h1-4,18H,5H2. The van der Waals surface area contributed by atoms with Crippen molar-refractivity contribution in [1.82, 2.24) is 4.98 Å². The summed E-state index contributed by atoms with van der Waals surface area (Å²) in [4.78, 5) is 4.10. The van der Waals surface area contributed by atoms with E-state index in [0.717, 1.165) is 4.47 Å². The van der Waals surface area contributed by atoms with Crippen molar-refractivity contribution in [3.63, 3.8) is 0 Å². The van der Waals surface area contributed by atoms with E-state index in [1.165, 1.54) is 0 Å². The van der Waals surface area contributed by atoms with Crippen molar-refractivity contribution in [3.8, 4) is 11.6 Å². The smallest absolute Gasteiger partial charge is 0.224 e. The van der Waals surface area contributed by atoms with Gasteiger partial charge in [0.05, 0.1) is 16.7 Å². The van der Waals surface area contributed by atoms with Crippen LogP contribution < -0.4 is 4.74 Å². The van der Waals surface area contributed by atoms with Gasteiger partial charge in [-0.25, -0.2) is 4.98 Å². The van der Waals surface area contributed by atoms with Gasteiger partial charge in [-0.15, -0.1) is 0 Å². The van der Waals surface area contributed by atoms with Crippen molar-refractivity contribution in [2.75, 3.05) is 0 Å². The summed E-state index contributed by atoms with van der Waals surface area (Å²) in [6.45, 7) is -0.191. The lowest BCUT2D eigenvalue weighted by Gasteiger charge is -2.11. The fraction of sp³-hybridized carbons (Fsp3) is 0.0833. The van der Waals surface area contributed by atoms with Gasteiger partial charge >= 0.3 is 0 Å². The van der Waals surface area contributed by atoms with Gasteiger partial charge in [-0.05, 0) is 44.0 Å². The number of ether oxygens (including phenoxy) is 1. The Morgan fingerprint density at radius 1 is 1.16 bits per heavy atom. The van der Waals surface area contributed by atoms with Crippen LogP contribution in [0.3, 0.4) is 0 Å². The molecule has 0 aliphatic carbocycles. The summed E-state index contributed by atoms with van der Waals surface area (Å²) in [6.07, 6.45) is 1.57. The number of aromatic nitrogens is 1. The molecule has 0 atom stereocenters. The summed E-state index contributed by atoms with van der Waals surface area (Å²) < 4.78 is 7.02. The number of pyridine rings is 1. The molecule has 2 rings (SSSR count). The van der Waals surface area contributed by atoms with Crippen molar-refractivity contribution >= 4 is 55.1 Å². The number of hydrogen-bond acceptors (Lipinski definition) is 3. The van der Waals surface area contributed by atoms with Gasteiger partial charge in [0.2, 0.25) is 5.88 Å². The maximum absolute atomic E-state index is 9.28. The molecule has 0 amide bonds. The van der Waals surface area contributed by atoms with Gasteiger partial charge in [0.15, 0.2) is 0 Å². The molecule has 0 unspecified atom stereocenters. The number of benzene rings is 1. The molecule has 2 aromatic rings. The Morgan fingerprint density at radius 3 is 2.58 bits per heavy atom. The van der Waals surface area contributed by atoms with E-state index in [0.29, 0.717) is 25.8 Å². The molecule has 0 aliphatic rings. The van der Waals surface area contributed by atoms with E-state index in [2.05, 4.69) is 36.8 Å². The molecule has 7 heteroatoms. The quantitative estimate of drug-likeness (QED) is 0.685. The summed E-state index contributed by atoms with van der Waals surface area (Å²) >= 11 is 18.6. The molecule has 1 N–H and O–H groups in total. The van der Waals surface area contributed by atoms with Crippen LogP contribution in [0.5, 0.6) is 11.6 Å². The zero-order valence-corrected chi connectivity index (χ0v) is 14.0. The Hall–Kier alpha value is -0.330. The predicted octanol–water partition coefficient (Wildman–Crippen LogP) is 5.20. The van der Waals surface area contributed by atoms with Crippen LogP contribution in [0, 0.1) is 0 Å². The lowest BCUT2D eigenvalue weighted by molar-refractivity contribution is 0.275. The molecule has 0 saturated carbocycles. The highest BCUT2D eigenvalue weighted by molar-refractivity contribution is 9.10. The van der Waals surface area contributed by atoms with Gasteiger partial charge in [-0.2, -0.15) is 0 Å². The zero-order valence-electron chi connectivity index (χ0n) is 9.33. The Kier molecular flexibility index (Phi) is 5.09. The molecule has 19 heavy (non-hydrogen) atoms. The summed E-state index contributed by atoms with van der Waals surface area (Å²) in [6, 6.07) is 4.94. The summed E-state index contributed by atoms with van der Waals surface area (Å²) in [7, 11) is 0. The number of hydrogen-bond donors (Lipinski definition) is 1. The summed E-state index contributed by atoms with van der Waals surface area (Å²) in [5.74, 6) is 0.658. The molecule has 0 saturated heterocycles. The fourth-order valence-corrected chi connectivity index (χ4v) is 2.57. The minimum Gasteiger partial charge on any atom is -0.437 e. The summed E-state index contributed by atoms with van der Waals surface area (Å²) in [5.41, 5.74) is 0.546. The molecule has 0 radical (unpaired) electrons. The molecule has 100 valence electrons. The molecule has 0 fully saturated rings. The minimum absolute atomic E-state index is 0.191. The average molecular weight is 428 g/mol. The van der Waals surface area contributed by atoms with Gasteiger partial charge < -0.3 is 9.84 Å². The van der Waals surface area contributed by atoms with E-state index in [9.17, 15) is 5.11 Å². The van der Waals surface area contributed by atoms with E-state index in [1.807, 2.05) is 0 Å². The molecule has 1 aromatic heterocycles. The lowest BCUT2D eigenvalue weighted by Crippen LogP contribution is -1.95. The van der Waals surface area contributed by atoms with E-state index < -0.39 is 0 Å². The number of rotatable bonds is 3. The van der Waals surface area contributed by atoms with Crippen LogP contribution in [0.2, 0.25) is 10.0 Å². The molecule has 0 spiro atoms. The van der Waals surface area contributed by atoms with Gasteiger partial charge in [0.25, 0.3) is 0 Å². The third kappa shape index (κ3) is 3.61. The van der Waals surface area contributed by atoms with Gasteiger partial charge in [-0.1, -0.05) is 23.2 Å². The predicted molar refractivity (Wildman–Crippen MR) is 82.1 cm³/mol. The van der Waals surface area contributed by atoms with Gasteiger partial charge in [0.1, 0.15) is 5.75 Å². The Morgan fingerprint density at radius 2 is 1.89 bits per heavy atom. The van der Waals surface area contributed by atoms with E-state index in [1.54, 1.807) is 24.4 Å². The summed E-state index contributed by atoms with van der Waals surface area (Å²) in [5, 5.41) is 10.1. The van der Waals surface area contributed by atoms with Crippen LogP contribution in [0.25, 0.3) is 0 Å². The second-order valence-corrected chi connectivity index (χ2v) is 6.16. The highest BCUT2D eigenvalue weighted by Crippen LogP contribution is 2.37. The highest BCUT2D eigenvalue weighted by Gasteiger charge is 2.11. The molecule has 0 bridgehead atoms. The number of nitrogens with zero attached hydrogens (tertiary/aromatic N) is 1. The first-order chi connectivity index (χ1) is 9.01. The molecule has 1 aromatic carbocycles. The third-order valence-electron chi connectivity index (χ3n) is 2.24. The van der Waals surface area contributed by atoms with Crippen LogP contribution in [0.1, 0.15) is 5.56 Å². The first-order valence-electron chi connectivity index (χ1n) is 5.09. The first-order valence-corrected chi connectivity index (χ1v) is 7.43. The van der Waals surface area contributed by atoms with Crippen molar-refractivity contribution in [3.05, 3.63) is 49.0 Å². The maximum atomic E-state index is 9.28. The van der Waals surface area contributed by atoms with E-state index in [-0.39, 0.29) is 12.5 Å². The lowest BCUT2D eigenvalue weighted by atomic mass is 10.3. The number of aliphatic hydroxyl groups excluding tert-OH is 1. The van der Waals surface area contributed by atoms with Crippen molar-refractivity contribution in [2.24, 2.45) is 0 Å². The first kappa shape index (κ1) is 15.1. The monoisotopic (exact) mass is 425 g/mol. The Bertz CT molecular complexity index is 623. The van der Waals surface area contributed by atoms with Gasteiger partial charge in [0, 0.05) is 26.8 Å². The molecule has 3 nitrogen and oxygen atoms in total. The number of halogens is 4. The maximum Gasteiger partial charge on any atom is 0.224 e. The Balaban J connectivity index is 2.39. The largest absolute Gasteiger partial charge is 0.437 e. The molecule has 1 heterocycles. The van der Waals surface area contributed by atoms with Crippen molar-refractivity contribution < 1.29 is 9.84 Å². The molecular formula is C12H7Br2Cl2NO2. The van der Waals surface area contributed by atoms with Crippen molar-refractivity contribution in [1.29, 1.82) is 0 Å². The zero-order chi connectivity index (χ0) is 14.0. The van der Waals surface area contributed by atoms with Crippen LogP contribution >= 0.6 is 55.1 Å². The van der Waals surface area contributed by atoms with Crippen LogP contribution in [0.4, 0.5) is 0 Å². The third-order valence-corrected chi connectivity index (χ3v) is 4.17. The molecular weight excluding hydrogens is 421 g/mol. The highest BCUT2D eigenvalue weighted by atomic mass is 79.9. The van der Waals surface area contributed by atoms with E-state index >= 15 is 0 Å². The van der Waals surface area contributed by atoms with Crippen LogP contribution in [0.15, 0.2) is 33.3 Å². The van der Waals surface area contributed by atoms with Crippen LogP contribution in [-0.2, 0) is 6.61 Å². The topological polar surface area (TPSA) is 42.4 Å². The number of aliphatic hydroxyl groups is 1. The fourth-order valence-electron chi connectivity index (χ4n) is 1.36. The second-order valence-electron chi connectivity index (χ2n) is 3.57. The van der Waals surface area contributed by atoms with Crippen molar-refractivity contribution in [2.45, 2.75) is 6.61 Å². The minimum atomic E-state index is -0.191. The van der Waals surface area contributed by atoms with Gasteiger partial charge in [-0.3, -0.25) is 0 Å².